The van der Waals surface area contributed by atoms with E-state index in [4.69, 9.17) is 14.2 Å². The third-order valence-corrected chi connectivity index (χ3v) is 5.75. The highest BCUT2D eigenvalue weighted by molar-refractivity contribution is 5.70. The van der Waals surface area contributed by atoms with E-state index in [0.29, 0.717) is 12.8 Å². The van der Waals surface area contributed by atoms with Crippen LogP contribution in [0.4, 0.5) is 0 Å². The number of rotatable bonds is 9. The smallest absolute Gasteiger partial charge is 0.308 e. The maximum atomic E-state index is 12.5. The summed E-state index contributed by atoms with van der Waals surface area (Å²) in [5.41, 5.74) is -2.55. The number of ether oxygens (including phenoxy) is 3. The molecule has 0 aromatic heterocycles. The molecule has 176 valence electrons. The Morgan fingerprint density at radius 2 is 1.47 bits per heavy atom. The first kappa shape index (κ1) is 25.3. The Balaban J connectivity index is 2.54. The molecule has 8 N–H and O–H groups in total. The van der Waals surface area contributed by atoms with Crippen molar-refractivity contribution in [2.45, 2.75) is 86.7 Å². The van der Waals surface area contributed by atoms with E-state index in [2.05, 4.69) is 0 Å². The number of esters is 1. The average Bonchev–Trinajstić information content (AvgIpc) is 3.00. The van der Waals surface area contributed by atoms with Crippen molar-refractivity contribution in [3.8, 4) is 0 Å². The molecule has 2 heterocycles. The van der Waals surface area contributed by atoms with Crippen LogP contribution in [0.25, 0.3) is 0 Å². The second-order valence-corrected chi connectivity index (χ2v) is 7.69. The molecule has 9 atom stereocenters. The van der Waals surface area contributed by atoms with Gasteiger partial charge in [0.15, 0.2) is 11.7 Å². The van der Waals surface area contributed by atoms with Crippen LogP contribution in [0.15, 0.2) is 0 Å². The van der Waals surface area contributed by atoms with Crippen LogP contribution in [0, 0.1) is 0 Å². The van der Waals surface area contributed by atoms with Crippen LogP contribution in [0.2, 0.25) is 0 Å². The lowest BCUT2D eigenvalue weighted by molar-refractivity contribution is -0.415. The van der Waals surface area contributed by atoms with E-state index < -0.39 is 79.9 Å². The van der Waals surface area contributed by atoms with Crippen LogP contribution in [0.5, 0.6) is 0 Å². The molecule has 7 unspecified atom stereocenters. The fraction of sp³-hybridized carbons (Fsp3) is 0.944. The Morgan fingerprint density at radius 3 is 1.97 bits per heavy atom. The lowest BCUT2D eigenvalue weighted by atomic mass is 9.78. The molecule has 12 nitrogen and oxygen atoms in total. The summed E-state index contributed by atoms with van der Waals surface area (Å²) in [6.07, 6.45) is -11.2. The van der Waals surface area contributed by atoms with E-state index in [9.17, 15) is 45.6 Å². The van der Waals surface area contributed by atoms with Gasteiger partial charge in [-0.2, -0.15) is 0 Å². The third kappa shape index (κ3) is 4.09. The molecule has 2 aliphatic rings. The van der Waals surface area contributed by atoms with Gasteiger partial charge in [-0.3, -0.25) is 4.79 Å². The summed E-state index contributed by atoms with van der Waals surface area (Å²) in [5, 5.41) is 81.2. The van der Waals surface area contributed by atoms with Gasteiger partial charge in [-0.05, 0) is 6.42 Å². The van der Waals surface area contributed by atoms with Gasteiger partial charge in [0.1, 0.15) is 36.6 Å². The van der Waals surface area contributed by atoms with Crippen molar-refractivity contribution in [1.82, 2.24) is 0 Å². The number of hydrogen-bond acceptors (Lipinski definition) is 12. The molecule has 0 aromatic carbocycles. The van der Waals surface area contributed by atoms with Crippen LogP contribution < -0.4 is 0 Å². The van der Waals surface area contributed by atoms with Gasteiger partial charge in [-0.15, -0.1) is 0 Å². The van der Waals surface area contributed by atoms with Gasteiger partial charge in [0.2, 0.25) is 0 Å². The zero-order chi connectivity index (χ0) is 22.7. The van der Waals surface area contributed by atoms with Gasteiger partial charge in [-0.1, -0.05) is 19.8 Å². The standard InChI is InChI=1S/C18H32O12/c1-2-3-4-5-11(22)30-18(16(27)14(25)12(23)9(6-19)29-18)17(8-21)15(26)13(24)10(7-20)28-17/h9-10,12-16,19-21,23-27H,2-8H2,1H3/t9?,10?,12?,13?,14?,15?,16?,17-,18-/m0/s1. The van der Waals surface area contributed by atoms with E-state index in [0.717, 1.165) is 6.42 Å². The Kier molecular flexibility index (Phi) is 8.55. The molecule has 2 aliphatic heterocycles. The first-order valence-corrected chi connectivity index (χ1v) is 9.96. The quantitative estimate of drug-likeness (QED) is 0.128. The molecule has 0 spiro atoms. The summed E-state index contributed by atoms with van der Waals surface area (Å²) in [6.45, 7) is -0.957. The summed E-state index contributed by atoms with van der Waals surface area (Å²) in [5.74, 6) is -3.75. The average molecular weight is 440 g/mol. The second-order valence-electron chi connectivity index (χ2n) is 7.69. The summed E-state index contributed by atoms with van der Waals surface area (Å²) < 4.78 is 16.3. The van der Waals surface area contributed by atoms with E-state index in [1.54, 1.807) is 0 Å². The van der Waals surface area contributed by atoms with E-state index in [1.165, 1.54) is 0 Å². The minimum absolute atomic E-state index is 0.141. The zero-order valence-electron chi connectivity index (χ0n) is 16.7. The van der Waals surface area contributed by atoms with Crippen molar-refractivity contribution in [3.63, 3.8) is 0 Å². The molecule has 30 heavy (non-hydrogen) atoms. The summed E-state index contributed by atoms with van der Waals surface area (Å²) >= 11 is 0. The van der Waals surface area contributed by atoms with Gasteiger partial charge in [0.25, 0.3) is 5.79 Å². The molecule has 0 amide bonds. The lowest BCUT2D eigenvalue weighted by Gasteiger charge is -2.54. The van der Waals surface area contributed by atoms with Crippen LogP contribution in [0.1, 0.15) is 32.6 Å². The van der Waals surface area contributed by atoms with Crippen molar-refractivity contribution in [2.75, 3.05) is 19.8 Å². The molecule has 2 rings (SSSR count). The maximum Gasteiger partial charge on any atom is 0.308 e. The SMILES string of the molecule is CCCCCC(=O)O[C@@]1([C@@]2(CO)OC(CO)C(O)C2O)OC(CO)C(O)C(O)C1O. The molecule has 0 aromatic rings. The Hall–Kier alpha value is -0.930. The monoisotopic (exact) mass is 440 g/mol. The molecule has 0 saturated carbocycles. The van der Waals surface area contributed by atoms with Crippen molar-refractivity contribution >= 4 is 5.97 Å². The third-order valence-electron chi connectivity index (χ3n) is 5.75. The molecule has 2 fully saturated rings. The molecule has 0 radical (unpaired) electrons. The first-order valence-electron chi connectivity index (χ1n) is 9.96. The van der Waals surface area contributed by atoms with E-state index >= 15 is 0 Å². The van der Waals surface area contributed by atoms with Crippen molar-refractivity contribution in [3.05, 3.63) is 0 Å². The van der Waals surface area contributed by atoms with Gasteiger partial charge in [-0.25, -0.2) is 0 Å². The Bertz CT molecular complexity index is 573. The van der Waals surface area contributed by atoms with Gasteiger partial charge >= 0.3 is 5.97 Å². The number of carbonyl (C=O) groups is 1. The molecular formula is C18H32O12. The number of aliphatic hydroxyl groups is 8. The Morgan fingerprint density at radius 1 is 0.867 bits per heavy atom. The van der Waals surface area contributed by atoms with E-state index in [1.807, 2.05) is 6.92 Å². The topological polar surface area (TPSA) is 207 Å². The molecule has 2 saturated heterocycles. The van der Waals surface area contributed by atoms with Gasteiger partial charge < -0.3 is 55.1 Å². The first-order chi connectivity index (χ1) is 14.2. The second kappa shape index (κ2) is 10.1. The van der Waals surface area contributed by atoms with E-state index in [-0.39, 0.29) is 6.42 Å². The maximum absolute atomic E-state index is 12.5. The predicted octanol–water partition coefficient (Wildman–Crippen LogP) is -3.88. The van der Waals surface area contributed by atoms with Crippen molar-refractivity contribution in [1.29, 1.82) is 0 Å². The molecule has 12 heteroatoms. The number of hydrogen-bond donors (Lipinski definition) is 8. The lowest BCUT2D eigenvalue weighted by Crippen LogP contribution is -2.78. The minimum Gasteiger partial charge on any atom is -0.427 e. The van der Waals surface area contributed by atoms with Gasteiger partial charge in [0.05, 0.1) is 19.8 Å². The van der Waals surface area contributed by atoms with Crippen LogP contribution >= 0.6 is 0 Å². The highest BCUT2D eigenvalue weighted by atomic mass is 16.8. The highest BCUT2D eigenvalue weighted by Crippen LogP contribution is 2.48. The fourth-order valence-corrected chi connectivity index (χ4v) is 3.96. The summed E-state index contributed by atoms with van der Waals surface area (Å²) in [7, 11) is 0. The summed E-state index contributed by atoms with van der Waals surface area (Å²) in [6, 6.07) is 0. The molecule has 0 bridgehead atoms. The Labute approximate surface area is 173 Å². The van der Waals surface area contributed by atoms with Crippen LogP contribution in [0.3, 0.4) is 0 Å². The van der Waals surface area contributed by atoms with Crippen molar-refractivity contribution in [2.24, 2.45) is 0 Å². The normalized spacial score (nSPS) is 44.2. The zero-order valence-corrected chi connectivity index (χ0v) is 16.7. The molecule has 0 aliphatic carbocycles. The predicted molar refractivity (Wildman–Crippen MR) is 96.7 cm³/mol. The number of aliphatic hydroxyl groups excluding tert-OH is 8. The number of unbranched alkanes of at least 4 members (excludes halogenated alkanes) is 2. The fourth-order valence-electron chi connectivity index (χ4n) is 3.96. The largest absolute Gasteiger partial charge is 0.427 e. The van der Waals surface area contributed by atoms with Crippen molar-refractivity contribution < 1.29 is 59.9 Å². The van der Waals surface area contributed by atoms with Crippen LogP contribution in [-0.2, 0) is 19.0 Å². The van der Waals surface area contributed by atoms with Crippen LogP contribution in [-0.4, -0.2) is 121 Å². The summed E-state index contributed by atoms with van der Waals surface area (Å²) in [4.78, 5) is 12.5. The minimum atomic E-state index is -2.82. The molecular weight excluding hydrogens is 408 g/mol. The highest BCUT2D eigenvalue weighted by Gasteiger charge is 2.74. The van der Waals surface area contributed by atoms with Gasteiger partial charge in [0, 0.05) is 6.42 Å². The number of carbonyl (C=O) groups excluding carboxylic acids is 1.